The number of phenols is 1. The summed E-state index contributed by atoms with van der Waals surface area (Å²) in [5, 5.41) is 20.7. The summed E-state index contributed by atoms with van der Waals surface area (Å²) in [6.07, 6.45) is 7.72. The van der Waals surface area contributed by atoms with Crippen LogP contribution in [0.3, 0.4) is 0 Å². The number of benzene rings is 2. The van der Waals surface area contributed by atoms with Crippen LogP contribution in [0.1, 0.15) is 89.6 Å². The number of phenolic OH excluding ortho intramolecular Hbond substituents is 1. The fourth-order valence-corrected chi connectivity index (χ4v) is 8.37. The van der Waals surface area contributed by atoms with E-state index in [9.17, 15) is 24.3 Å². The molecule has 8 rings (SSSR count). The van der Waals surface area contributed by atoms with E-state index >= 15 is 0 Å². The molecule has 12 heteroatoms. The molecule has 1 aliphatic carbocycles. The third-order valence-electron chi connectivity index (χ3n) is 11.4. The number of aromatic nitrogens is 2. The Morgan fingerprint density at radius 3 is 2.47 bits per heavy atom. The van der Waals surface area contributed by atoms with Gasteiger partial charge in [-0.3, -0.25) is 29.4 Å². The second-order valence-electron chi connectivity index (χ2n) is 14.5. The molecule has 12 nitrogen and oxygen atoms in total. The summed E-state index contributed by atoms with van der Waals surface area (Å²) in [5.74, 6) is 6.38. The van der Waals surface area contributed by atoms with Gasteiger partial charge in [0.2, 0.25) is 11.8 Å². The van der Waals surface area contributed by atoms with Crippen molar-refractivity contribution < 1.29 is 29.0 Å². The molecular weight excluding hydrogens is 648 g/mol. The number of nitrogen functional groups attached to an aromatic ring is 1. The standard InChI is InChI=1S/C39H40N6O6/c40-35-26(21-29(42-43-35)27-3-1-2-4-31(27)46)10-9-23-5-7-24(8-6-23)22-44-19-17-39(18-20-44)16-15-25-11-12-28-33(34(25)51-39)38(50)45(37(28)49)30-13-14-32(47)41-36(30)48/h1-4,11-12,21,23-24,30,46H,5-8,13-20,22H2,(H2,40,43)(H,41,47,48)/t23-,24+,30?. The lowest BCUT2D eigenvalue weighted by Gasteiger charge is -2.45. The number of anilines is 1. The van der Waals surface area contributed by atoms with Crippen molar-refractivity contribution >= 4 is 29.4 Å². The highest BCUT2D eigenvalue weighted by atomic mass is 16.5. The SMILES string of the molecule is Nc1nnc(-c2ccccc2O)cc1C#C[C@H]1CC[C@@H](CN2CCC3(CCc4ccc5c(c4O3)C(=O)N(C3CCC(=O)NC3=O)C5=O)CC2)CC1. The third kappa shape index (κ3) is 6.20. The monoisotopic (exact) mass is 688 g/mol. The normalized spacial score (nSPS) is 24.3. The summed E-state index contributed by atoms with van der Waals surface area (Å²) in [6, 6.07) is 11.3. The number of rotatable bonds is 4. The Morgan fingerprint density at radius 2 is 1.71 bits per heavy atom. The van der Waals surface area contributed by atoms with Crippen LogP contribution >= 0.6 is 0 Å². The molecule has 1 unspecified atom stereocenters. The van der Waals surface area contributed by atoms with Gasteiger partial charge in [-0.15, -0.1) is 10.2 Å². The molecule has 3 aromatic rings. The van der Waals surface area contributed by atoms with Crippen molar-refractivity contribution in [2.24, 2.45) is 11.8 Å². The number of likely N-dealkylation sites (tertiary alicyclic amines) is 1. The number of nitrogens with one attached hydrogen (secondary N) is 1. The number of hydrogen-bond acceptors (Lipinski definition) is 10. The zero-order valence-corrected chi connectivity index (χ0v) is 28.3. The molecule has 1 spiro atoms. The maximum absolute atomic E-state index is 13.7. The molecule has 51 heavy (non-hydrogen) atoms. The molecule has 4 amide bonds. The van der Waals surface area contributed by atoms with E-state index in [2.05, 4.69) is 32.3 Å². The van der Waals surface area contributed by atoms with Crippen molar-refractivity contribution in [3.8, 4) is 34.6 Å². The van der Waals surface area contributed by atoms with Gasteiger partial charge >= 0.3 is 0 Å². The number of nitrogens with two attached hydrogens (primary N) is 1. The smallest absolute Gasteiger partial charge is 0.266 e. The van der Waals surface area contributed by atoms with Gasteiger partial charge in [0.15, 0.2) is 5.82 Å². The number of nitrogens with zero attached hydrogens (tertiary/aromatic N) is 4. The van der Waals surface area contributed by atoms with Crippen molar-refractivity contribution in [2.75, 3.05) is 25.4 Å². The van der Waals surface area contributed by atoms with Crippen LogP contribution in [-0.4, -0.2) is 80.0 Å². The number of hydrogen-bond donors (Lipinski definition) is 3. The first-order chi connectivity index (χ1) is 24.7. The van der Waals surface area contributed by atoms with Gasteiger partial charge in [0.05, 0.1) is 22.4 Å². The van der Waals surface area contributed by atoms with Crippen LogP contribution in [0.25, 0.3) is 11.3 Å². The topological polar surface area (TPSA) is 168 Å². The number of piperidine rings is 2. The molecule has 1 aromatic heterocycles. The van der Waals surface area contributed by atoms with Crippen molar-refractivity contribution in [3.05, 3.63) is 64.7 Å². The van der Waals surface area contributed by atoms with Gasteiger partial charge in [-0.05, 0) is 93.5 Å². The number of imide groups is 2. The largest absolute Gasteiger partial charge is 0.507 e. The summed E-state index contributed by atoms with van der Waals surface area (Å²) in [5.41, 5.74) is 8.85. The Balaban J connectivity index is 0.864. The van der Waals surface area contributed by atoms with Gasteiger partial charge in [0, 0.05) is 37.5 Å². The Hall–Kier alpha value is -5.28. The lowest BCUT2D eigenvalue weighted by atomic mass is 9.80. The van der Waals surface area contributed by atoms with Crippen molar-refractivity contribution in [1.82, 2.24) is 25.3 Å². The van der Waals surface area contributed by atoms with E-state index in [0.717, 1.165) is 81.5 Å². The summed E-state index contributed by atoms with van der Waals surface area (Å²) >= 11 is 0. The number of para-hydroxylation sites is 1. The summed E-state index contributed by atoms with van der Waals surface area (Å²) in [6.45, 7) is 2.82. The minimum atomic E-state index is -1.00. The summed E-state index contributed by atoms with van der Waals surface area (Å²) in [7, 11) is 0. The van der Waals surface area contributed by atoms with Crippen molar-refractivity contribution in [1.29, 1.82) is 0 Å². The molecule has 0 bridgehead atoms. The first-order valence-corrected chi connectivity index (χ1v) is 17.9. The highest BCUT2D eigenvalue weighted by Gasteiger charge is 2.49. The zero-order valence-electron chi connectivity index (χ0n) is 28.3. The number of carbonyl (C=O) groups is 4. The molecule has 2 saturated heterocycles. The number of carbonyl (C=O) groups excluding carboxylic acids is 4. The molecule has 4 N–H and O–H groups in total. The van der Waals surface area contributed by atoms with E-state index in [0.29, 0.717) is 28.5 Å². The molecule has 2 aromatic carbocycles. The van der Waals surface area contributed by atoms with E-state index in [1.54, 1.807) is 30.3 Å². The van der Waals surface area contributed by atoms with Crippen molar-refractivity contribution in [3.63, 3.8) is 0 Å². The van der Waals surface area contributed by atoms with Crippen LogP contribution in [0.5, 0.6) is 11.5 Å². The number of fused-ring (bicyclic) bond motifs is 3. The van der Waals surface area contributed by atoms with E-state index < -0.39 is 35.3 Å². The molecule has 5 aliphatic rings. The zero-order chi connectivity index (χ0) is 35.3. The lowest BCUT2D eigenvalue weighted by molar-refractivity contribution is -0.136. The van der Waals surface area contributed by atoms with Crippen LogP contribution < -0.4 is 15.8 Å². The molecule has 0 radical (unpaired) electrons. The minimum absolute atomic E-state index is 0.0803. The van der Waals surface area contributed by atoms with Crippen LogP contribution in [0.2, 0.25) is 0 Å². The lowest BCUT2D eigenvalue weighted by Crippen LogP contribution is -2.54. The Bertz CT molecular complexity index is 2000. The number of aromatic hydroxyl groups is 1. The molecule has 3 fully saturated rings. The van der Waals surface area contributed by atoms with Gasteiger partial charge in [-0.2, -0.15) is 0 Å². The predicted molar refractivity (Wildman–Crippen MR) is 186 cm³/mol. The second-order valence-corrected chi connectivity index (χ2v) is 14.5. The van der Waals surface area contributed by atoms with E-state index in [1.807, 2.05) is 12.1 Å². The molecule has 4 aliphatic heterocycles. The predicted octanol–water partition coefficient (Wildman–Crippen LogP) is 3.85. The fourth-order valence-electron chi connectivity index (χ4n) is 8.37. The van der Waals surface area contributed by atoms with Gasteiger partial charge in [-0.25, -0.2) is 0 Å². The molecule has 1 saturated carbocycles. The van der Waals surface area contributed by atoms with Crippen LogP contribution in [0, 0.1) is 23.7 Å². The second kappa shape index (κ2) is 13.1. The average Bonchev–Trinajstić information content (AvgIpc) is 3.39. The summed E-state index contributed by atoms with van der Waals surface area (Å²) < 4.78 is 6.74. The molecule has 1 atom stereocenters. The van der Waals surface area contributed by atoms with Gasteiger partial charge < -0.3 is 20.5 Å². The highest BCUT2D eigenvalue weighted by Crippen LogP contribution is 2.45. The van der Waals surface area contributed by atoms with Gasteiger partial charge in [-0.1, -0.05) is 30.0 Å². The van der Waals surface area contributed by atoms with Crippen LogP contribution in [-0.2, 0) is 16.0 Å². The van der Waals surface area contributed by atoms with E-state index in [1.165, 1.54) is 0 Å². The Morgan fingerprint density at radius 1 is 0.922 bits per heavy atom. The highest BCUT2D eigenvalue weighted by molar-refractivity contribution is 6.24. The Labute approximate surface area is 295 Å². The minimum Gasteiger partial charge on any atom is -0.507 e. The van der Waals surface area contributed by atoms with Gasteiger partial charge in [0.25, 0.3) is 11.8 Å². The first kappa shape index (κ1) is 32.9. The van der Waals surface area contributed by atoms with Crippen LogP contribution in [0.15, 0.2) is 42.5 Å². The first-order valence-electron chi connectivity index (χ1n) is 17.9. The molecule has 5 heterocycles. The maximum atomic E-state index is 13.7. The maximum Gasteiger partial charge on any atom is 0.266 e. The average molecular weight is 689 g/mol. The van der Waals surface area contributed by atoms with Gasteiger partial charge in [0.1, 0.15) is 23.1 Å². The molecular formula is C39H40N6O6. The fraction of sp³-hybridized carbons (Fsp3) is 0.436. The Kier molecular flexibility index (Phi) is 8.46. The van der Waals surface area contributed by atoms with Crippen LogP contribution in [0.4, 0.5) is 5.82 Å². The quantitative estimate of drug-likeness (QED) is 0.271. The molecule has 262 valence electrons. The van der Waals surface area contributed by atoms with Crippen molar-refractivity contribution in [2.45, 2.75) is 75.9 Å². The van der Waals surface area contributed by atoms with E-state index in [4.69, 9.17) is 10.5 Å². The number of aryl methyl sites for hydroxylation is 1. The summed E-state index contributed by atoms with van der Waals surface area (Å²) in [4.78, 5) is 54.9. The number of amides is 4. The number of ether oxygens (including phenoxy) is 1. The van der Waals surface area contributed by atoms with E-state index in [-0.39, 0.29) is 41.5 Å². The third-order valence-corrected chi connectivity index (χ3v) is 11.4.